The number of rotatable bonds is 9. The number of nitrogens with zero attached hydrogens (tertiary/aromatic N) is 7. The summed E-state index contributed by atoms with van der Waals surface area (Å²) >= 11 is 0. The van der Waals surface area contributed by atoms with Crippen LogP contribution in [0.15, 0.2) is 29.4 Å². The molecule has 2 aliphatic heterocycles. The molecule has 5 rings (SSSR count). The molecule has 0 bridgehead atoms. The molecule has 36 heavy (non-hydrogen) atoms. The molecule has 0 aliphatic carbocycles. The lowest BCUT2D eigenvalue weighted by molar-refractivity contribution is 0.0490. The number of aryl methyl sites for hydroxylation is 1. The van der Waals surface area contributed by atoms with E-state index < -0.39 is 0 Å². The first-order chi connectivity index (χ1) is 17.6. The lowest BCUT2D eigenvalue weighted by Crippen LogP contribution is -2.38. The van der Waals surface area contributed by atoms with Crippen molar-refractivity contribution in [3.05, 3.63) is 36.5 Å². The van der Waals surface area contributed by atoms with Gasteiger partial charge in [0.15, 0.2) is 12.2 Å². The minimum absolute atomic E-state index is 0.231. The molecule has 3 aromatic rings. The van der Waals surface area contributed by atoms with E-state index in [2.05, 4.69) is 35.3 Å². The van der Waals surface area contributed by atoms with E-state index in [0.29, 0.717) is 54.8 Å². The van der Waals surface area contributed by atoms with Gasteiger partial charge in [-0.05, 0) is 50.6 Å². The second-order valence-corrected chi connectivity index (χ2v) is 9.44. The Morgan fingerprint density at radius 3 is 2.72 bits per heavy atom. The van der Waals surface area contributed by atoms with Gasteiger partial charge in [-0.15, -0.1) is 0 Å². The molecular formula is C24H32N8O4. The van der Waals surface area contributed by atoms with Crippen molar-refractivity contribution < 1.29 is 18.8 Å². The highest BCUT2D eigenvalue weighted by atomic mass is 16.5. The average Bonchev–Trinajstić information content (AvgIpc) is 3.59. The second-order valence-electron chi connectivity index (χ2n) is 9.44. The molecule has 1 N–H and O–H groups in total. The molecule has 5 heterocycles. The van der Waals surface area contributed by atoms with Gasteiger partial charge in [0.1, 0.15) is 11.4 Å². The Kier molecular flexibility index (Phi) is 7.82. The normalized spacial score (nSPS) is 17.8. The summed E-state index contributed by atoms with van der Waals surface area (Å²) in [6.07, 6.45) is 8.67. The van der Waals surface area contributed by atoms with Gasteiger partial charge in [-0.2, -0.15) is 9.97 Å². The number of imidazole rings is 1. The number of piperidine rings is 1. The van der Waals surface area contributed by atoms with E-state index in [-0.39, 0.29) is 11.6 Å². The van der Waals surface area contributed by atoms with Crippen molar-refractivity contribution in [1.29, 1.82) is 0 Å². The summed E-state index contributed by atoms with van der Waals surface area (Å²) in [6.45, 7) is 5.14. The van der Waals surface area contributed by atoms with Gasteiger partial charge < -0.3 is 23.9 Å². The quantitative estimate of drug-likeness (QED) is 0.467. The fraction of sp³-hybridized carbons (Fsp3) is 0.583. The molecule has 2 fully saturated rings. The summed E-state index contributed by atoms with van der Waals surface area (Å²) in [7, 11) is 1.87. The molecule has 0 saturated carbocycles. The molecule has 0 radical (unpaired) electrons. The standard InChI is InChI=1S/C24H32N8O4/c1-31-16-25-12-20(31)23-29-19(10-21(30-23)35-14-18-4-8-34-9-5-18)24(33)26-11-17-2-6-32(7-3-17)13-22-27-15-28-36-22/h10,12,15-18H,2-9,11,13-14H2,1H3,(H,26,33). The molecule has 0 spiro atoms. The Balaban J connectivity index is 1.20. The molecule has 192 valence electrons. The van der Waals surface area contributed by atoms with E-state index in [4.69, 9.17) is 14.0 Å². The van der Waals surface area contributed by atoms with Gasteiger partial charge in [0.25, 0.3) is 5.91 Å². The van der Waals surface area contributed by atoms with Gasteiger partial charge in [0.05, 0.1) is 25.7 Å². The van der Waals surface area contributed by atoms with Crippen molar-refractivity contribution in [2.45, 2.75) is 32.2 Å². The topological polar surface area (TPSA) is 133 Å². The summed E-state index contributed by atoms with van der Waals surface area (Å²) in [5.41, 5.74) is 1.01. The van der Waals surface area contributed by atoms with Gasteiger partial charge in [-0.25, -0.2) is 9.97 Å². The smallest absolute Gasteiger partial charge is 0.270 e. The average molecular weight is 497 g/mol. The summed E-state index contributed by atoms with van der Waals surface area (Å²) in [4.78, 5) is 32.7. The van der Waals surface area contributed by atoms with Gasteiger partial charge >= 0.3 is 0 Å². The highest BCUT2D eigenvalue weighted by Crippen LogP contribution is 2.22. The van der Waals surface area contributed by atoms with Crippen molar-refractivity contribution >= 4 is 5.91 Å². The van der Waals surface area contributed by atoms with Crippen LogP contribution in [0.1, 0.15) is 42.1 Å². The minimum atomic E-state index is -0.231. The van der Waals surface area contributed by atoms with E-state index >= 15 is 0 Å². The maximum atomic E-state index is 13.1. The van der Waals surface area contributed by atoms with Crippen LogP contribution in [-0.4, -0.2) is 79.9 Å². The van der Waals surface area contributed by atoms with Crippen LogP contribution >= 0.6 is 0 Å². The Hall–Kier alpha value is -3.38. The van der Waals surface area contributed by atoms with Crippen molar-refractivity contribution in [2.24, 2.45) is 18.9 Å². The zero-order valence-corrected chi connectivity index (χ0v) is 20.5. The first-order valence-corrected chi connectivity index (χ1v) is 12.5. The Morgan fingerprint density at radius 1 is 1.17 bits per heavy atom. The number of carbonyl (C=O) groups excluding carboxylic acids is 1. The Labute approximate surface area is 209 Å². The Bertz CT molecular complexity index is 1120. The van der Waals surface area contributed by atoms with Crippen LogP contribution in [0.2, 0.25) is 0 Å². The molecule has 12 heteroatoms. The van der Waals surface area contributed by atoms with Crippen LogP contribution in [-0.2, 0) is 18.3 Å². The molecule has 2 aliphatic rings. The highest BCUT2D eigenvalue weighted by molar-refractivity contribution is 5.92. The third kappa shape index (κ3) is 6.24. The van der Waals surface area contributed by atoms with Crippen molar-refractivity contribution in [3.8, 4) is 17.4 Å². The summed E-state index contributed by atoms with van der Waals surface area (Å²) in [5, 5.41) is 6.73. The van der Waals surface area contributed by atoms with E-state index in [0.717, 1.165) is 52.0 Å². The third-order valence-corrected chi connectivity index (χ3v) is 6.81. The number of ether oxygens (including phenoxy) is 2. The number of amides is 1. The van der Waals surface area contributed by atoms with Gasteiger partial charge in [0.2, 0.25) is 11.8 Å². The van der Waals surface area contributed by atoms with E-state index in [1.165, 1.54) is 6.33 Å². The predicted octanol–water partition coefficient (Wildman–Crippen LogP) is 1.71. The highest BCUT2D eigenvalue weighted by Gasteiger charge is 2.23. The molecule has 3 aromatic heterocycles. The number of hydrogen-bond acceptors (Lipinski definition) is 10. The molecule has 0 aromatic carbocycles. The summed E-state index contributed by atoms with van der Waals surface area (Å²) in [6, 6.07) is 1.63. The minimum Gasteiger partial charge on any atom is -0.477 e. The fourth-order valence-corrected chi connectivity index (χ4v) is 4.55. The first-order valence-electron chi connectivity index (χ1n) is 12.5. The van der Waals surface area contributed by atoms with Crippen molar-refractivity contribution in [1.82, 2.24) is 39.9 Å². The summed E-state index contributed by atoms with van der Waals surface area (Å²) < 4.78 is 18.4. The Morgan fingerprint density at radius 2 is 2.00 bits per heavy atom. The first kappa shape index (κ1) is 24.3. The maximum absolute atomic E-state index is 13.1. The number of carbonyl (C=O) groups is 1. The number of nitrogens with one attached hydrogen (secondary N) is 1. The van der Waals surface area contributed by atoms with Crippen molar-refractivity contribution in [3.63, 3.8) is 0 Å². The zero-order chi connectivity index (χ0) is 24.7. The summed E-state index contributed by atoms with van der Waals surface area (Å²) in [5.74, 6) is 2.02. The van der Waals surface area contributed by atoms with Crippen LogP contribution < -0.4 is 10.1 Å². The van der Waals surface area contributed by atoms with E-state index in [1.54, 1.807) is 18.6 Å². The molecule has 0 atom stereocenters. The molecule has 2 saturated heterocycles. The predicted molar refractivity (Wildman–Crippen MR) is 128 cm³/mol. The van der Waals surface area contributed by atoms with Crippen LogP contribution in [0, 0.1) is 11.8 Å². The van der Waals surface area contributed by atoms with Crippen LogP contribution in [0.5, 0.6) is 5.88 Å². The van der Waals surface area contributed by atoms with Crippen LogP contribution in [0.3, 0.4) is 0 Å². The lowest BCUT2D eigenvalue weighted by Gasteiger charge is -2.30. The van der Waals surface area contributed by atoms with Gasteiger partial charge in [0, 0.05) is 32.9 Å². The number of likely N-dealkylation sites (tertiary alicyclic amines) is 1. The molecule has 0 unspecified atom stereocenters. The molecular weight excluding hydrogens is 464 g/mol. The molecule has 12 nitrogen and oxygen atoms in total. The maximum Gasteiger partial charge on any atom is 0.270 e. The van der Waals surface area contributed by atoms with Crippen molar-refractivity contribution in [2.75, 3.05) is 39.5 Å². The monoisotopic (exact) mass is 496 g/mol. The largest absolute Gasteiger partial charge is 0.477 e. The van der Waals surface area contributed by atoms with E-state index in [9.17, 15) is 4.79 Å². The van der Waals surface area contributed by atoms with Gasteiger partial charge in [-0.1, -0.05) is 5.16 Å². The zero-order valence-electron chi connectivity index (χ0n) is 20.5. The fourth-order valence-electron chi connectivity index (χ4n) is 4.55. The lowest BCUT2D eigenvalue weighted by atomic mass is 9.97. The van der Waals surface area contributed by atoms with Gasteiger partial charge in [-0.3, -0.25) is 9.69 Å². The third-order valence-electron chi connectivity index (χ3n) is 6.81. The number of hydrogen-bond donors (Lipinski definition) is 1. The van der Waals surface area contributed by atoms with E-state index in [1.807, 2.05) is 11.6 Å². The SMILES string of the molecule is Cn1cncc1-c1nc(OCC2CCOCC2)cc(C(=O)NCC2CCN(Cc3ncno3)CC2)n1. The van der Waals surface area contributed by atoms with Crippen LogP contribution in [0.4, 0.5) is 0 Å². The number of aromatic nitrogens is 6. The molecule has 1 amide bonds. The van der Waals surface area contributed by atoms with Crippen LogP contribution in [0.25, 0.3) is 11.5 Å². The second kappa shape index (κ2) is 11.6.